The quantitative estimate of drug-likeness (QED) is 0.621. The number of alkyl halides is 1. The highest BCUT2D eigenvalue weighted by Gasteiger charge is 2.14. The zero-order valence-electron chi connectivity index (χ0n) is 9.90. The summed E-state index contributed by atoms with van der Waals surface area (Å²) < 4.78 is 9.73. The van der Waals surface area contributed by atoms with E-state index in [9.17, 15) is 4.79 Å². The highest BCUT2D eigenvalue weighted by Crippen LogP contribution is 2.16. The smallest absolute Gasteiger partial charge is 0.325 e. The summed E-state index contributed by atoms with van der Waals surface area (Å²) >= 11 is 5.80. The summed E-state index contributed by atoms with van der Waals surface area (Å²) in [5, 5.41) is 2.41. The van der Waals surface area contributed by atoms with E-state index in [4.69, 9.17) is 16.3 Å². The fraction of sp³-hybridized carbons (Fsp3) is 0.417. The van der Waals surface area contributed by atoms with E-state index in [0.717, 1.165) is 11.3 Å². The van der Waals surface area contributed by atoms with Crippen LogP contribution in [0.4, 0.5) is 0 Å². The second-order valence-electron chi connectivity index (χ2n) is 3.43. The molecule has 0 radical (unpaired) electrons. The summed E-state index contributed by atoms with van der Waals surface area (Å²) in [6.45, 7) is 0.941. The molecule has 1 aromatic rings. The molecule has 0 aliphatic rings. The van der Waals surface area contributed by atoms with Crippen LogP contribution < -0.4 is 10.1 Å². The number of rotatable bonds is 6. The van der Waals surface area contributed by atoms with Crippen molar-refractivity contribution in [2.75, 3.05) is 20.8 Å². The Hall–Kier alpha value is -1.26. The van der Waals surface area contributed by atoms with Crippen molar-refractivity contribution in [1.82, 2.24) is 5.32 Å². The van der Waals surface area contributed by atoms with E-state index in [0.29, 0.717) is 13.1 Å². The molecule has 94 valence electrons. The first-order chi connectivity index (χ1) is 8.19. The largest absolute Gasteiger partial charge is 0.496 e. The molecule has 0 fully saturated rings. The number of hydrogen-bond acceptors (Lipinski definition) is 4. The molecule has 1 aromatic carbocycles. The summed E-state index contributed by atoms with van der Waals surface area (Å²) in [4.78, 5) is 11.1. The van der Waals surface area contributed by atoms with E-state index in [2.05, 4.69) is 10.1 Å². The van der Waals surface area contributed by atoms with E-state index in [1.165, 1.54) is 7.11 Å². The standard InChI is InChI=1S/C12H16ClNO3/c1-16-11-6-4-3-5-9(11)7-14-8-10(13)12(15)17-2/h3-6,10,14H,7-8H2,1-2H3. The average molecular weight is 258 g/mol. The summed E-state index contributed by atoms with van der Waals surface area (Å²) in [7, 11) is 2.94. The molecule has 0 spiro atoms. The predicted molar refractivity (Wildman–Crippen MR) is 66.4 cm³/mol. The van der Waals surface area contributed by atoms with Crippen LogP contribution in [0.15, 0.2) is 24.3 Å². The number of hydrogen-bond donors (Lipinski definition) is 1. The molecule has 4 nitrogen and oxygen atoms in total. The summed E-state index contributed by atoms with van der Waals surface area (Å²) in [6.07, 6.45) is 0. The molecule has 5 heteroatoms. The Bertz CT molecular complexity index is 371. The Kier molecular flexibility index (Phi) is 5.80. The van der Waals surface area contributed by atoms with Crippen LogP contribution >= 0.6 is 11.6 Å². The summed E-state index contributed by atoms with van der Waals surface area (Å²) in [5.41, 5.74) is 1.02. The Morgan fingerprint density at radius 2 is 2.12 bits per heavy atom. The molecule has 0 heterocycles. The van der Waals surface area contributed by atoms with E-state index < -0.39 is 11.3 Å². The minimum Gasteiger partial charge on any atom is -0.496 e. The van der Waals surface area contributed by atoms with Crippen molar-refractivity contribution in [3.63, 3.8) is 0 Å². The zero-order valence-corrected chi connectivity index (χ0v) is 10.7. The third-order valence-corrected chi connectivity index (χ3v) is 2.62. The van der Waals surface area contributed by atoms with Gasteiger partial charge in [-0.1, -0.05) is 18.2 Å². The summed E-state index contributed by atoms with van der Waals surface area (Å²) in [6, 6.07) is 7.67. The molecule has 0 bridgehead atoms. The van der Waals surface area contributed by atoms with Gasteiger partial charge in [-0.3, -0.25) is 4.79 Å². The van der Waals surface area contributed by atoms with Crippen molar-refractivity contribution < 1.29 is 14.3 Å². The van der Waals surface area contributed by atoms with Crippen LogP contribution in [0, 0.1) is 0 Å². The second-order valence-corrected chi connectivity index (χ2v) is 3.96. The van der Waals surface area contributed by atoms with Crippen LogP contribution in [0.25, 0.3) is 0 Å². The van der Waals surface area contributed by atoms with Crippen molar-refractivity contribution in [3.8, 4) is 5.75 Å². The monoisotopic (exact) mass is 257 g/mol. The maximum absolute atomic E-state index is 11.1. The van der Waals surface area contributed by atoms with Crippen LogP contribution in [0.5, 0.6) is 5.75 Å². The van der Waals surface area contributed by atoms with Crippen molar-refractivity contribution in [1.29, 1.82) is 0 Å². The molecule has 17 heavy (non-hydrogen) atoms. The third-order valence-electron chi connectivity index (χ3n) is 2.29. The van der Waals surface area contributed by atoms with Crippen LogP contribution in [-0.2, 0) is 16.1 Å². The van der Waals surface area contributed by atoms with Crippen LogP contribution in [0.1, 0.15) is 5.56 Å². The SMILES string of the molecule is COC(=O)C(Cl)CNCc1ccccc1OC. The lowest BCUT2D eigenvalue weighted by Gasteiger charge is -2.11. The van der Waals surface area contributed by atoms with Crippen molar-refractivity contribution in [2.45, 2.75) is 11.9 Å². The van der Waals surface area contributed by atoms with Gasteiger partial charge >= 0.3 is 5.97 Å². The van der Waals surface area contributed by atoms with Gasteiger partial charge in [-0.05, 0) is 6.07 Å². The lowest BCUT2D eigenvalue weighted by atomic mass is 10.2. The average Bonchev–Trinajstić information content (AvgIpc) is 2.38. The van der Waals surface area contributed by atoms with Gasteiger partial charge in [0.15, 0.2) is 0 Å². The number of ether oxygens (including phenoxy) is 2. The summed E-state index contributed by atoms with van der Waals surface area (Å²) in [5.74, 6) is 0.378. The van der Waals surface area contributed by atoms with Gasteiger partial charge in [0.2, 0.25) is 0 Å². The second kappa shape index (κ2) is 7.14. The third kappa shape index (κ3) is 4.24. The first-order valence-electron chi connectivity index (χ1n) is 5.23. The molecule has 1 rings (SSSR count). The van der Waals surface area contributed by atoms with E-state index in [1.807, 2.05) is 24.3 Å². The van der Waals surface area contributed by atoms with Gasteiger partial charge in [0.1, 0.15) is 11.1 Å². The Balaban J connectivity index is 2.43. The molecule has 1 N–H and O–H groups in total. The van der Waals surface area contributed by atoms with E-state index in [1.54, 1.807) is 7.11 Å². The number of carbonyl (C=O) groups is 1. The number of methoxy groups -OCH3 is 2. The Morgan fingerprint density at radius 3 is 2.76 bits per heavy atom. The topological polar surface area (TPSA) is 47.6 Å². The molecule has 1 unspecified atom stereocenters. The normalized spacial score (nSPS) is 11.9. The van der Waals surface area contributed by atoms with Gasteiger partial charge in [-0.25, -0.2) is 0 Å². The molecule has 0 aliphatic carbocycles. The van der Waals surface area contributed by atoms with Crippen molar-refractivity contribution >= 4 is 17.6 Å². The Morgan fingerprint density at radius 1 is 1.41 bits per heavy atom. The zero-order chi connectivity index (χ0) is 12.7. The number of nitrogens with one attached hydrogen (secondary N) is 1. The molecule has 0 saturated heterocycles. The van der Waals surface area contributed by atoms with Gasteiger partial charge in [-0.2, -0.15) is 0 Å². The maximum atomic E-state index is 11.1. The molecular formula is C12H16ClNO3. The van der Waals surface area contributed by atoms with E-state index >= 15 is 0 Å². The molecule has 0 aliphatic heterocycles. The number of esters is 1. The van der Waals surface area contributed by atoms with Crippen molar-refractivity contribution in [3.05, 3.63) is 29.8 Å². The van der Waals surface area contributed by atoms with Gasteiger partial charge in [0.05, 0.1) is 14.2 Å². The fourth-order valence-corrected chi connectivity index (χ4v) is 1.59. The lowest BCUT2D eigenvalue weighted by Crippen LogP contribution is -2.29. The first kappa shape index (κ1) is 13.8. The minimum atomic E-state index is -0.672. The molecule has 1 atom stereocenters. The highest BCUT2D eigenvalue weighted by atomic mass is 35.5. The number of carbonyl (C=O) groups excluding carboxylic acids is 1. The van der Waals surface area contributed by atoms with Gasteiger partial charge in [0.25, 0.3) is 0 Å². The number of benzene rings is 1. The van der Waals surface area contributed by atoms with E-state index in [-0.39, 0.29) is 0 Å². The van der Waals surface area contributed by atoms with Crippen LogP contribution in [0.3, 0.4) is 0 Å². The molecule has 0 aromatic heterocycles. The maximum Gasteiger partial charge on any atom is 0.325 e. The molecule has 0 amide bonds. The number of para-hydroxylation sites is 1. The molecule has 0 saturated carbocycles. The van der Waals surface area contributed by atoms with Crippen LogP contribution in [-0.4, -0.2) is 32.1 Å². The lowest BCUT2D eigenvalue weighted by molar-refractivity contribution is -0.140. The Labute approximate surface area is 106 Å². The molecular weight excluding hydrogens is 242 g/mol. The van der Waals surface area contributed by atoms with Gasteiger partial charge in [-0.15, -0.1) is 11.6 Å². The highest BCUT2D eigenvalue weighted by molar-refractivity contribution is 6.30. The minimum absolute atomic E-state index is 0.353. The van der Waals surface area contributed by atoms with Crippen LogP contribution in [0.2, 0.25) is 0 Å². The fourth-order valence-electron chi connectivity index (χ4n) is 1.39. The van der Waals surface area contributed by atoms with Crippen molar-refractivity contribution in [2.24, 2.45) is 0 Å². The van der Waals surface area contributed by atoms with Gasteiger partial charge < -0.3 is 14.8 Å². The predicted octanol–water partition coefficient (Wildman–Crippen LogP) is 1.57. The van der Waals surface area contributed by atoms with Gasteiger partial charge in [0, 0.05) is 18.7 Å². The number of halogens is 1. The first-order valence-corrected chi connectivity index (χ1v) is 5.67.